The molecule has 2 N–H and O–H groups in total. The van der Waals surface area contributed by atoms with Gasteiger partial charge >= 0.3 is 0 Å². The summed E-state index contributed by atoms with van der Waals surface area (Å²) in [5.74, 6) is -0.899. The molecule has 1 saturated carbocycles. The van der Waals surface area contributed by atoms with Crippen molar-refractivity contribution >= 4 is 45.4 Å². The van der Waals surface area contributed by atoms with E-state index in [9.17, 15) is 19.2 Å². The fraction of sp³-hybridized carbons (Fsp3) is 0.409. The molecule has 3 aromatic heterocycles. The van der Waals surface area contributed by atoms with Gasteiger partial charge < -0.3 is 24.1 Å². The highest BCUT2D eigenvalue weighted by Gasteiger charge is 2.44. The summed E-state index contributed by atoms with van der Waals surface area (Å²) in [6.45, 7) is 7.41. The van der Waals surface area contributed by atoms with E-state index >= 15 is 0 Å². The molecule has 0 radical (unpaired) electrons. The number of nitrogens with zero attached hydrogens (tertiary/aromatic N) is 5. The molecule has 3 aliphatic heterocycles. The fourth-order valence-electron chi connectivity index (χ4n) is 8.40. The first-order valence-corrected chi connectivity index (χ1v) is 20.4. The topological polar surface area (TPSA) is 159 Å². The molecule has 14 nitrogen and oxygen atoms in total. The number of aromatic amines is 1. The van der Waals surface area contributed by atoms with E-state index < -0.39 is 29.7 Å². The molecule has 2 aromatic carbocycles. The SMILES string of the molecule is O=C1CCC(N2C(=O)c3ccc(OCCCCCN4CCN(CCO[C@H]5C[C@@H](Oc6ccc(-c7ccc8c(c7)[nH]c7ccncc78)cn6)C5)CC4)cc3C2=O)C(=O)N1. The highest BCUT2D eigenvalue weighted by Crippen LogP contribution is 2.32. The lowest BCUT2D eigenvalue weighted by molar-refractivity contribution is -0.136. The molecule has 1 aliphatic carbocycles. The number of carbonyl (C=O) groups excluding carboxylic acids is 4. The first kappa shape index (κ1) is 37.9. The number of imide groups is 2. The van der Waals surface area contributed by atoms with Gasteiger partial charge in [0, 0.05) is 104 Å². The van der Waals surface area contributed by atoms with E-state index in [2.05, 4.69) is 54.3 Å². The van der Waals surface area contributed by atoms with Crippen molar-refractivity contribution in [3.63, 3.8) is 0 Å². The second-order valence-corrected chi connectivity index (χ2v) is 15.6. The zero-order valence-corrected chi connectivity index (χ0v) is 32.4. The van der Waals surface area contributed by atoms with Crippen LogP contribution in [-0.2, 0) is 14.3 Å². The Morgan fingerprint density at radius 1 is 0.724 bits per heavy atom. The van der Waals surface area contributed by atoms with Crippen LogP contribution in [0, 0.1) is 0 Å². The van der Waals surface area contributed by atoms with Gasteiger partial charge in [-0.05, 0) is 74.2 Å². The highest BCUT2D eigenvalue weighted by molar-refractivity contribution is 6.23. The van der Waals surface area contributed by atoms with Crippen LogP contribution in [0.3, 0.4) is 0 Å². The van der Waals surface area contributed by atoms with Crippen molar-refractivity contribution in [2.45, 2.75) is 63.2 Å². The molecule has 58 heavy (non-hydrogen) atoms. The van der Waals surface area contributed by atoms with Crippen LogP contribution in [0.4, 0.5) is 0 Å². The monoisotopic (exact) mass is 785 g/mol. The van der Waals surface area contributed by atoms with Crippen LogP contribution in [0.2, 0.25) is 0 Å². The molecule has 0 bridgehead atoms. The molecule has 9 rings (SSSR count). The van der Waals surface area contributed by atoms with E-state index in [1.807, 2.05) is 24.5 Å². The second-order valence-electron chi connectivity index (χ2n) is 15.6. The standard InChI is InChI=1S/C44H47N7O7/c52-40-10-9-39(42(53)48-40)51-43(54)34-8-6-30(25-35(34)44(51)55)56-20-3-1-2-14-49-15-17-50(18-16-49)19-21-57-31-23-32(24-31)58-41-11-5-29(26-46-41)28-4-7-33-36-27-45-13-12-37(36)47-38(33)22-28/h4-8,11-13,22,25-27,31-32,39,47H,1-3,9-10,14-21,23-24H2,(H,48,52,53)/t31-,32+,39?. The third-order valence-electron chi connectivity index (χ3n) is 11.8. The number of rotatable bonds is 15. The number of pyridine rings is 2. The van der Waals surface area contributed by atoms with Gasteiger partial charge in [0.1, 0.15) is 17.9 Å². The fourth-order valence-corrected chi connectivity index (χ4v) is 8.40. The van der Waals surface area contributed by atoms with Crippen molar-refractivity contribution in [3.05, 3.63) is 84.3 Å². The summed E-state index contributed by atoms with van der Waals surface area (Å²) < 4.78 is 18.2. The molecule has 6 heterocycles. The van der Waals surface area contributed by atoms with E-state index in [0.717, 1.165) is 116 Å². The average Bonchev–Trinajstić information content (AvgIpc) is 3.71. The lowest BCUT2D eigenvalue weighted by atomic mass is 9.92. The lowest BCUT2D eigenvalue weighted by Crippen LogP contribution is -2.54. The zero-order valence-electron chi connectivity index (χ0n) is 32.4. The molecule has 2 saturated heterocycles. The minimum atomic E-state index is -0.979. The Bertz CT molecular complexity index is 2330. The van der Waals surface area contributed by atoms with Crippen LogP contribution in [0.15, 0.2) is 73.2 Å². The molecule has 4 aliphatic rings. The quantitative estimate of drug-likeness (QED) is 0.109. The van der Waals surface area contributed by atoms with E-state index in [1.165, 1.54) is 0 Å². The number of carbonyl (C=O) groups is 4. The summed E-state index contributed by atoms with van der Waals surface area (Å²) in [5, 5.41) is 4.50. The number of amides is 4. The summed E-state index contributed by atoms with van der Waals surface area (Å²) in [7, 11) is 0. The molecular formula is C44H47N7O7. The predicted molar refractivity (Wildman–Crippen MR) is 216 cm³/mol. The van der Waals surface area contributed by atoms with Crippen molar-refractivity contribution in [3.8, 4) is 22.8 Å². The Morgan fingerprint density at radius 2 is 1.53 bits per heavy atom. The summed E-state index contributed by atoms with van der Waals surface area (Å²) >= 11 is 0. The third-order valence-corrected chi connectivity index (χ3v) is 11.8. The first-order chi connectivity index (χ1) is 28.4. The van der Waals surface area contributed by atoms with Gasteiger partial charge in [0.2, 0.25) is 17.7 Å². The van der Waals surface area contributed by atoms with E-state index in [-0.39, 0.29) is 36.2 Å². The molecule has 300 valence electrons. The smallest absolute Gasteiger partial charge is 0.262 e. The van der Waals surface area contributed by atoms with Gasteiger partial charge in [0.05, 0.1) is 30.4 Å². The van der Waals surface area contributed by atoms with Crippen LogP contribution in [0.1, 0.15) is 65.7 Å². The summed E-state index contributed by atoms with van der Waals surface area (Å²) in [6, 6.07) is 16.3. The van der Waals surface area contributed by atoms with Gasteiger partial charge in [0.25, 0.3) is 11.8 Å². The Balaban J connectivity index is 0.617. The van der Waals surface area contributed by atoms with Gasteiger partial charge in [-0.2, -0.15) is 0 Å². The Labute approximate surface area is 335 Å². The normalized spacial score (nSPS) is 21.4. The van der Waals surface area contributed by atoms with Gasteiger partial charge in [-0.15, -0.1) is 0 Å². The van der Waals surface area contributed by atoms with Crippen LogP contribution < -0.4 is 14.8 Å². The van der Waals surface area contributed by atoms with Crippen LogP contribution in [0.25, 0.3) is 32.9 Å². The Hall–Kier alpha value is -5.70. The van der Waals surface area contributed by atoms with E-state index in [4.69, 9.17) is 14.2 Å². The van der Waals surface area contributed by atoms with Crippen LogP contribution >= 0.6 is 0 Å². The number of H-pyrrole nitrogens is 1. The first-order valence-electron chi connectivity index (χ1n) is 20.4. The number of aromatic nitrogens is 3. The molecule has 3 fully saturated rings. The summed E-state index contributed by atoms with van der Waals surface area (Å²) in [5.41, 5.74) is 4.78. The molecule has 1 atom stereocenters. The van der Waals surface area contributed by atoms with Crippen LogP contribution in [0.5, 0.6) is 11.6 Å². The number of nitrogens with one attached hydrogen (secondary N) is 2. The summed E-state index contributed by atoms with van der Waals surface area (Å²) in [4.78, 5) is 68.1. The second kappa shape index (κ2) is 16.6. The van der Waals surface area contributed by atoms with Gasteiger partial charge in [-0.3, -0.25) is 39.3 Å². The maximum absolute atomic E-state index is 13.1. The number of hydrogen-bond acceptors (Lipinski definition) is 11. The maximum Gasteiger partial charge on any atom is 0.262 e. The van der Waals surface area contributed by atoms with Crippen molar-refractivity contribution < 1.29 is 33.4 Å². The summed E-state index contributed by atoms with van der Waals surface area (Å²) in [6.07, 6.45) is 10.9. The zero-order chi connectivity index (χ0) is 39.6. The van der Waals surface area contributed by atoms with Gasteiger partial charge in [-0.25, -0.2) is 4.98 Å². The maximum atomic E-state index is 13.1. The Kier molecular flexibility index (Phi) is 10.9. The molecule has 1 unspecified atom stereocenters. The van der Waals surface area contributed by atoms with E-state index in [1.54, 1.807) is 24.4 Å². The number of piperazine rings is 1. The van der Waals surface area contributed by atoms with Gasteiger partial charge in [0.15, 0.2) is 0 Å². The number of fused-ring (bicyclic) bond motifs is 4. The molecule has 5 aromatic rings. The number of unbranched alkanes of at least 4 members (excludes halogenated alkanes) is 2. The third kappa shape index (κ3) is 8.04. The van der Waals surface area contributed by atoms with Crippen LogP contribution in [-0.4, -0.2) is 124 Å². The predicted octanol–water partition coefficient (Wildman–Crippen LogP) is 4.97. The Morgan fingerprint density at radius 3 is 2.34 bits per heavy atom. The highest BCUT2D eigenvalue weighted by atomic mass is 16.5. The average molecular weight is 786 g/mol. The minimum Gasteiger partial charge on any atom is -0.494 e. The number of benzene rings is 2. The largest absolute Gasteiger partial charge is 0.494 e. The number of hydrogen-bond donors (Lipinski definition) is 2. The van der Waals surface area contributed by atoms with Gasteiger partial charge in [-0.1, -0.05) is 12.1 Å². The molecule has 0 spiro atoms. The van der Waals surface area contributed by atoms with Crippen molar-refractivity contribution in [2.24, 2.45) is 0 Å². The molecule has 14 heteroatoms. The van der Waals surface area contributed by atoms with Crippen molar-refractivity contribution in [2.75, 3.05) is 52.5 Å². The van der Waals surface area contributed by atoms with Crippen molar-refractivity contribution in [1.29, 1.82) is 0 Å². The lowest BCUT2D eigenvalue weighted by Gasteiger charge is -2.37. The number of piperidine rings is 1. The minimum absolute atomic E-state index is 0.0884. The van der Waals surface area contributed by atoms with E-state index in [0.29, 0.717) is 18.2 Å². The molecular weight excluding hydrogens is 739 g/mol. The van der Waals surface area contributed by atoms with Crippen molar-refractivity contribution in [1.82, 2.24) is 35.0 Å². The number of ether oxygens (including phenoxy) is 3. The molecule has 4 amide bonds.